The highest BCUT2D eigenvalue weighted by atomic mass is 35.5. The van der Waals surface area contributed by atoms with Gasteiger partial charge in [-0.15, -0.1) is 23.5 Å². The first-order valence-electron chi connectivity index (χ1n) is 11.7. The van der Waals surface area contributed by atoms with E-state index in [1.54, 1.807) is 18.5 Å². The molecule has 13 nitrogen and oxygen atoms in total. The van der Waals surface area contributed by atoms with Crippen LogP contribution in [0.15, 0.2) is 44.0 Å². The highest BCUT2D eigenvalue weighted by Gasteiger charge is 2.54. The van der Waals surface area contributed by atoms with Crippen molar-refractivity contribution in [3.8, 4) is 0 Å². The molecule has 0 aliphatic carbocycles. The average Bonchev–Trinajstić information content (AvgIpc) is 3.29. The zero-order valence-electron chi connectivity index (χ0n) is 20.9. The van der Waals surface area contributed by atoms with Crippen molar-refractivity contribution in [1.29, 1.82) is 0 Å². The van der Waals surface area contributed by atoms with Gasteiger partial charge in [-0.1, -0.05) is 39.9 Å². The van der Waals surface area contributed by atoms with E-state index in [9.17, 15) is 29.0 Å². The van der Waals surface area contributed by atoms with Crippen molar-refractivity contribution in [1.82, 2.24) is 20.2 Å². The number of rotatable bonds is 13. The Kier molecular flexibility index (Phi) is 10.7. The number of nitrogens with two attached hydrogens (primary N) is 2. The number of pyridine rings is 1. The van der Waals surface area contributed by atoms with Crippen LogP contribution in [-0.4, -0.2) is 97.4 Å². The molecule has 2 aromatic heterocycles. The van der Waals surface area contributed by atoms with E-state index in [0.717, 1.165) is 21.1 Å². The fraction of sp³-hybridized carbons (Fsp3) is 0.364. The van der Waals surface area contributed by atoms with E-state index in [0.29, 0.717) is 15.6 Å². The summed E-state index contributed by atoms with van der Waals surface area (Å²) in [7, 11) is 0. The number of aliphatic hydroxyl groups excluding tert-OH is 1. The Morgan fingerprint density at radius 2 is 2.20 bits per heavy atom. The number of carboxylic acid groups (broad SMARTS) is 1. The van der Waals surface area contributed by atoms with Crippen LogP contribution in [0, 0.1) is 0 Å². The van der Waals surface area contributed by atoms with Crippen LogP contribution in [0.2, 0.25) is 4.34 Å². The standard InChI is InChI=1S/C22H23ClFN7O6S4/c23-17-13(29-22(26)41-17)14(30-37-4-2-24)18(33)28-15-19(34)31-16(21(35)36)12(8-39-20(15)31)40-10-1-3-27-5-11(10)38-7-9(25)6-32/h1,3,5,9,15,20,32H,2,4,6-8,25H2,(H2,26,29)(H,28,33)(H,35,36)/b30-14-/t9?,15-,20+/m1/s1. The first-order valence-corrected chi connectivity index (χ1v) is 15.7. The van der Waals surface area contributed by atoms with Crippen molar-refractivity contribution in [2.24, 2.45) is 10.9 Å². The van der Waals surface area contributed by atoms with Crippen molar-refractivity contribution >= 4 is 86.9 Å². The SMILES string of the molecule is Nc1nc(/C(=N/OCCF)C(=O)N[C@@H]2C(=O)N3C(C(=O)O)=C(Sc4ccncc4SCC(N)CO)CS[C@@H]23)c(Cl)s1. The third-order valence-electron chi connectivity index (χ3n) is 5.46. The quantitative estimate of drug-likeness (QED) is 0.0676. The number of oxime groups is 1. The van der Waals surface area contributed by atoms with Crippen LogP contribution in [0.4, 0.5) is 9.52 Å². The molecule has 4 heterocycles. The van der Waals surface area contributed by atoms with Gasteiger partial charge in [-0.05, 0) is 6.07 Å². The molecule has 0 saturated carbocycles. The molecule has 0 radical (unpaired) electrons. The number of hydrogen-bond donors (Lipinski definition) is 5. The molecule has 3 atom stereocenters. The number of carbonyl (C=O) groups excluding carboxylic acids is 2. The average molecular weight is 664 g/mol. The van der Waals surface area contributed by atoms with Crippen molar-refractivity contribution in [3.63, 3.8) is 0 Å². The summed E-state index contributed by atoms with van der Waals surface area (Å²) in [6.45, 7) is -1.47. The molecule has 0 aromatic carbocycles. The van der Waals surface area contributed by atoms with Crippen LogP contribution in [0.3, 0.4) is 0 Å². The summed E-state index contributed by atoms with van der Waals surface area (Å²) in [5.41, 5.74) is 10.8. The Balaban J connectivity index is 1.53. The Hall–Kier alpha value is -2.61. The van der Waals surface area contributed by atoms with E-state index in [4.69, 9.17) is 27.9 Å². The fourth-order valence-corrected chi connectivity index (χ4v) is 8.16. The lowest BCUT2D eigenvalue weighted by atomic mass is 10.0. The second-order valence-electron chi connectivity index (χ2n) is 8.25. The van der Waals surface area contributed by atoms with Crippen LogP contribution in [0.1, 0.15) is 5.69 Å². The minimum atomic E-state index is -1.30. The molecule has 19 heteroatoms. The second kappa shape index (κ2) is 14.0. The summed E-state index contributed by atoms with van der Waals surface area (Å²) in [5.74, 6) is -2.16. The van der Waals surface area contributed by atoms with Gasteiger partial charge >= 0.3 is 5.97 Å². The molecule has 1 saturated heterocycles. The number of halogens is 2. The van der Waals surface area contributed by atoms with Gasteiger partial charge in [-0.25, -0.2) is 14.2 Å². The Labute approximate surface area is 254 Å². The number of nitrogens with zero attached hydrogens (tertiary/aromatic N) is 4. The van der Waals surface area contributed by atoms with Crippen molar-refractivity contribution in [3.05, 3.63) is 39.1 Å². The normalized spacial score (nSPS) is 19.5. The maximum absolute atomic E-state index is 13.2. The maximum Gasteiger partial charge on any atom is 0.353 e. The number of fused-ring (bicyclic) bond motifs is 1. The minimum absolute atomic E-state index is 0.0404. The Morgan fingerprint density at radius 1 is 1.41 bits per heavy atom. The van der Waals surface area contributed by atoms with E-state index in [2.05, 4.69) is 20.4 Å². The maximum atomic E-state index is 13.2. The first kappa shape index (κ1) is 31.3. The van der Waals surface area contributed by atoms with Crippen LogP contribution in [-0.2, 0) is 19.2 Å². The number of β-lactam (4-membered cyclic amide) rings is 1. The molecule has 1 unspecified atom stereocenters. The zero-order valence-corrected chi connectivity index (χ0v) is 24.9. The van der Waals surface area contributed by atoms with E-state index in [1.807, 2.05) is 0 Å². The molecular weight excluding hydrogens is 641 g/mol. The van der Waals surface area contributed by atoms with Gasteiger partial charge in [0.25, 0.3) is 11.8 Å². The monoisotopic (exact) mass is 663 g/mol. The van der Waals surface area contributed by atoms with Crippen molar-refractivity contribution in [2.75, 3.05) is 37.1 Å². The molecule has 220 valence electrons. The number of nitrogens with one attached hydrogen (secondary N) is 1. The zero-order chi connectivity index (χ0) is 29.7. The lowest BCUT2D eigenvalue weighted by Gasteiger charge is -2.49. The van der Waals surface area contributed by atoms with Crippen LogP contribution < -0.4 is 16.8 Å². The molecule has 41 heavy (non-hydrogen) atoms. The second-order valence-corrected chi connectivity index (χ2v) is 13.2. The van der Waals surface area contributed by atoms with E-state index >= 15 is 0 Å². The van der Waals surface area contributed by atoms with Gasteiger partial charge in [0.2, 0.25) is 0 Å². The minimum Gasteiger partial charge on any atom is -0.477 e. The number of amides is 2. The van der Waals surface area contributed by atoms with Crippen LogP contribution in [0.5, 0.6) is 0 Å². The third-order valence-corrected chi connectivity index (χ3v) is 10.5. The number of carbonyl (C=O) groups is 3. The predicted octanol–water partition coefficient (Wildman–Crippen LogP) is 1.36. The third kappa shape index (κ3) is 7.07. The number of carboxylic acids is 1. The van der Waals surface area contributed by atoms with Gasteiger partial charge in [0.1, 0.15) is 40.4 Å². The summed E-state index contributed by atoms with van der Waals surface area (Å²) in [5, 5.41) is 24.8. The van der Waals surface area contributed by atoms with Crippen LogP contribution >= 0.6 is 58.2 Å². The topological polar surface area (TPSA) is 206 Å². The largest absolute Gasteiger partial charge is 0.477 e. The van der Waals surface area contributed by atoms with E-state index in [1.165, 1.54) is 35.3 Å². The highest BCUT2D eigenvalue weighted by Crippen LogP contribution is 2.46. The summed E-state index contributed by atoms with van der Waals surface area (Å²) in [6.07, 6.45) is 3.19. The number of aliphatic carboxylic acids is 1. The molecule has 2 aliphatic rings. The van der Waals surface area contributed by atoms with E-state index in [-0.39, 0.29) is 33.2 Å². The number of anilines is 1. The molecule has 2 aromatic rings. The molecular formula is C22H23ClFN7O6S4. The molecule has 2 amide bonds. The molecule has 0 bridgehead atoms. The lowest BCUT2D eigenvalue weighted by Crippen LogP contribution is -2.71. The molecule has 2 aliphatic heterocycles. The van der Waals surface area contributed by atoms with Gasteiger partial charge in [0.15, 0.2) is 10.8 Å². The predicted molar refractivity (Wildman–Crippen MR) is 156 cm³/mol. The Bertz CT molecular complexity index is 1400. The number of nitrogen functional groups attached to an aromatic ring is 1. The highest BCUT2D eigenvalue weighted by molar-refractivity contribution is 8.07. The summed E-state index contributed by atoms with van der Waals surface area (Å²) < 4.78 is 12.6. The van der Waals surface area contributed by atoms with Gasteiger partial charge in [0.05, 0.1) is 6.61 Å². The number of alkyl halides is 1. The molecule has 0 spiro atoms. The van der Waals surface area contributed by atoms with Gasteiger partial charge in [-0.3, -0.25) is 19.5 Å². The van der Waals surface area contributed by atoms with Gasteiger partial charge in [0, 0.05) is 44.6 Å². The fourth-order valence-electron chi connectivity index (χ4n) is 3.62. The molecule has 7 N–H and O–H groups in total. The summed E-state index contributed by atoms with van der Waals surface area (Å²) in [6, 6.07) is 0.207. The lowest BCUT2D eigenvalue weighted by molar-refractivity contribution is -0.150. The van der Waals surface area contributed by atoms with Crippen molar-refractivity contribution < 1.29 is 33.8 Å². The van der Waals surface area contributed by atoms with Crippen LogP contribution in [0.25, 0.3) is 0 Å². The summed E-state index contributed by atoms with van der Waals surface area (Å²) in [4.78, 5) is 54.5. The number of aliphatic hydroxyl groups is 1. The van der Waals surface area contributed by atoms with Crippen molar-refractivity contribution in [2.45, 2.75) is 27.2 Å². The van der Waals surface area contributed by atoms with Gasteiger partial charge in [-0.2, -0.15) is 0 Å². The number of thioether (sulfide) groups is 3. The molecule has 4 rings (SSSR count). The Morgan fingerprint density at radius 3 is 2.85 bits per heavy atom. The number of aromatic nitrogens is 2. The summed E-state index contributed by atoms with van der Waals surface area (Å²) >= 11 is 10.8. The first-order chi connectivity index (χ1) is 19.7. The smallest absolute Gasteiger partial charge is 0.353 e. The number of thiazole rings is 1. The molecule has 1 fully saturated rings. The number of hydrogen-bond acceptors (Lipinski definition) is 14. The van der Waals surface area contributed by atoms with Gasteiger partial charge < -0.3 is 31.8 Å². The van der Waals surface area contributed by atoms with E-state index < -0.39 is 54.2 Å².